The molecule has 2 aliphatic rings. The van der Waals surface area contributed by atoms with Gasteiger partial charge in [-0.3, -0.25) is 4.79 Å². The number of fused-ring (bicyclic) bond motifs is 1. The zero-order valence-electron chi connectivity index (χ0n) is 15.2. The van der Waals surface area contributed by atoms with Crippen molar-refractivity contribution < 1.29 is 18.0 Å². The normalized spacial score (nSPS) is 24.2. The van der Waals surface area contributed by atoms with Gasteiger partial charge in [0.1, 0.15) is 0 Å². The van der Waals surface area contributed by atoms with Gasteiger partial charge in [0.15, 0.2) is 9.84 Å². The first-order chi connectivity index (χ1) is 12.3. The zero-order chi connectivity index (χ0) is 18.9. The van der Waals surface area contributed by atoms with Crippen molar-refractivity contribution in [3.8, 4) is 0 Å². The molecule has 2 fully saturated rings. The summed E-state index contributed by atoms with van der Waals surface area (Å²) >= 11 is 0. The molecule has 2 heterocycles. The van der Waals surface area contributed by atoms with Gasteiger partial charge in [-0.15, -0.1) is 0 Å². The number of benzene rings is 1. The number of hydrogen-bond acceptors (Lipinski definition) is 4. The molecule has 8 heteroatoms. The Bertz CT molecular complexity index is 779. The lowest BCUT2D eigenvalue weighted by Crippen LogP contribution is -2.63. The van der Waals surface area contributed by atoms with Crippen molar-refractivity contribution in [2.75, 3.05) is 38.7 Å². The maximum atomic E-state index is 12.8. The van der Waals surface area contributed by atoms with Crippen LogP contribution in [0.1, 0.15) is 12.0 Å². The van der Waals surface area contributed by atoms with E-state index in [9.17, 15) is 18.0 Å². The van der Waals surface area contributed by atoms with E-state index in [0.29, 0.717) is 25.9 Å². The van der Waals surface area contributed by atoms with Gasteiger partial charge in [0, 0.05) is 33.6 Å². The lowest BCUT2D eigenvalue weighted by atomic mass is 10.0. The van der Waals surface area contributed by atoms with Crippen LogP contribution in [0.15, 0.2) is 30.3 Å². The number of carbonyl (C=O) groups excluding carboxylic acids is 2. The summed E-state index contributed by atoms with van der Waals surface area (Å²) in [6, 6.07) is 8.66. The monoisotopic (exact) mass is 379 g/mol. The van der Waals surface area contributed by atoms with Crippen LogP contribution < -0.4 is 0 Å². The van der Waals surface area contributed by atoms with Gasteiger partial charge >= 0.3 is 6.03 Å². The number of hydrogen-bond donors (Lipinski definition) is 0. The molecule has 2 saturated heterocycles. The van der Waals surface area contributed by atoms with Crippen molar-refractivity contribution in [1.82, 2.24) is 14.7 Å². The molecule has 0 spiro atoms. The first kappa shape index (κ1) is 18.7. The molecule has 1 aromatic carbocycles. The lowest BCUT2D eigenvalue weighted by Gasteiger charge is -2.44. The average molecular weight is 379 g/mol. The largest absolute Gasteiger partial charge is 0.335 e. The van der Waals surface area contributed by atoms with Gasteiger partial charge in [-0.1, -0.05) is 30.3 Å². The van der Waals surface area contributed by atoms with Crippen molar-refractivity contribution in [3.05, 3.63) is 35.9 Å². The van der Waals surface area contributed by atoms with Crippen LogP contribution in [-0.4, -0.2) is 85.8 Å². The van der Waals surface area contributed by atoms with E-state index in [0.717, 1.165) is 5.56 Å². The summed E-state index contributed by atoms with van der Waals surface area (Å²) < 4.78 is 24.4. The highest BCUT2D eigenvalue weighted by Crippen LogP contribution is 2.28. The Hall–Kier alpha value is -2.09. The fourth-order valence-corrected chi connectivity index (χ4v) is 5.78. The second-order valence-electron chi connectivity index (χ2n) is 7.15. The fourth-order valence-electron chi connectivity index (χ4n) is 3.80. The third-order valence-electron chi connectivity index (χ3n) is 5.09. The minimum atomic E-state index is -3.26. The highest BCUT2D eigenvalue weighted by atomic mass is 32.2. The highest BCUT2D eigenvalue weighted by molar-refractivity contribution is 7.91. The summed E-state index contributed by atoms with van der Waals surface area (Å²) in [7, 11) is 0.0411. The maximum Gasteiger partial charge on any atom is 0.319 e. The molecule has 26 heavy (non-hydrogen) atoms. The Balaban J connectivity index is 1.73. The molecule has 1 aromatic rings. The van der Waals surface area contributed by atoms with Crippen LogP contribution in [0.4, 0.5) is 4.79 Å². The molecule has 0 aliphatic carbocycles. The highest BCUT2D eigenvalue weighted by Gasteiger charge is 2.49. The van der Waals surface area contributed by atoms with Crippen molar-refractivity contribution >= 4 is 21.8 Å². The molecule has 2 atom stereocenters. The number of piperazine rings is 1. The SMILES string of the molecule is CN(C)C(=O)N1CCN(C(=O)CCc2ccccc2)[C@H]2CS(=O)(=O)C[C@H]21. The zero-order valence-corrected chi connectivity index (χ0v) is 16.0. The van der Waals surface area contributed by atoms with Crippen LogP contribution in [0.5, 0.6) is 0 Å². The van der Waals surface area contributed by atoms with Crippen LogP contribution in [0.25, 0.3) is 0 Å². The van der Waals surface area contributed by atoms with Gasteiger partial charge in [0.05, 0.1) is 23.6 Å². The molecule has 2 aliphatic heterocycles. The fraction of sp³-hybridized carbons (Fsp3) is 0.556. The van der Waals surface area contributed by atoms with Crippen molar-refractivity contribution in [2.24, 2.45) is 0 Å². The van der Waals surface area contributed by atoms with Gasteiger partial charge < -0.3 is 14.7 Å². The Labute approximate surface area is 154 Å². The summed E-state index contributed by atoms with van der Waals surface area (Å²) in [6.45, 7) is 0.745. The van der Waals surface area contributed by atoms with Crippen molar-refractivity contribution in [1.29, 1.82) is 0 Å². The van der Waals surface area contributed by atoms with E-state index in [1.165, 1.54) is 4.90 Å². The van der Waals surface area contributed by atoms with Crippen LogP contribution in [0.2, 0.25) is 0 Å². The lowest BCUT2D eigenvalue weighted by molar-refractivity contribution is -0.136. The molecule has 3 rings (SSSR count). The van der Waals surface area contributed by atoms with Gasteiger partial charge in [0.2, 0.25) is 5.91 Å². The minimum Gasteiger partial charge on any atom is -0.335 e. The summed E-state index contributed by atoms with van der Waals surface area (Å²) in [5.41, 5.74) is 1.08. The topological polar surface area (TPSA) is 78.0 Å². The summed E-state index contributed by atoms with van der Waals surface area (Å²) in [4.78, 5) is 29.9. The van der Waals surface area contributed by atoms with Crippen LogP contribution >= 0.6 is 0 Å². The number of aryl methyl sites for hydroxylation is 1. The van der Waals surface area contributed by atoms with Gasteiger partial charge in [0.25, 0.3) is 0 Å². The van der Waals surface area contributed by atoms with E-state index >= 15 is 0 Å². The Morgan fingerprint density at radius 2 is 1.62 bits per heavy atom. The first-order valence-corrected chi connectivity index (χ1v) is 10.6. The molecule has 7 nitrogen and oxygen atoms in total. The predicted molar refractivity (Wildman–Crippen MR) is 98.5 cm³/mol. The molecule has 0 radical (unpaired) electrons. The van der Waals surface area contributed by atoms with Gasteiger partial charge in [-0.2, -0.15) is 0 Å². The molecule has 0 saturated carbocycles. The molecule has 0 bridgehead atoms. The van der Waals surface area contributed by atoms with Gasteiger partial charge in [-0.25, -0.2) is 13.2 Å². The predicted octanol–water partition coefficient (Wildman–Crippen LogP) is 0.611. The van der Waals surface area contributed by atoms with E-state index in [-0.39, 0.29) is 23.4 Å². The Morgan fingerprint density at radius 1 is 1.04 bits per heavy atom. The Kier molecular flexibility index (Phi) is 5.22. The van der Waals surface area contributed by atoms with E-state index < -0.39 is 21.9 Å². The number of sulfone groups is 1. The molecular weight excluding hydrogens is 354 g/mol. The molecule has 0 N–H and O–H groups in total. The molecule has 142 valence electrons. The number of amides is 3. The second-order valence-corrected chi connectivity index (χ2v) is 9.31. The molecule has 3 amide bonds. The number of urea groups is 1. The summed E-state index contributed by atoms with van der Waals surface area (Å²) in [6.07, 6.45) is 0.968. The van der Waals surface area contributed by atoms with Crippen LogP contribution in [0.3, 0.4) is 0 Å². The number of carbonyl (C=O) groups is 2. The van der Waals surface area contributed by atoms with E-state index in [1.807, 2.05) is 30.3 Å². The minimum absolute atomic E-state index is 0.0436. The van der Waals surface area contributed by atoms with E-state index in [4.69, 9.17) is 0 Å². The Morgan fingerprint density at radius 3 is 2.23 bits per heavy atom. The second kappa shape index (κ2) is 7.26. The molecule has 0 aromatic heterocycles. The van der Waals surface area contributed by atoms with Gasteiger partial charge in [-0.05, 0) is 12.0 Å². The average Bonchev–Trinajstić information content (AvgIpc) is 2.93. The van der Waals surface area contributed by atoms with Crippen molar-refractivity contribution in [3.63, 3.8) is 0 Å². The third-order valence-corrected chi connectivity index (χ3v) is 6.79. The third kappa shape index (κ3) is 3.85. The summed E-state index contributed by atoms with van der Waals surface area (Å²) in [5, 5.41) is 0. The first-order valence-electron chi connectivity index (χ1n) is 8.80. The smallest absolute Gasteiger partial charge is 0.319 e. The van der Waals surface area contributed by atoms with Crippen LogP contribution in [0, 0.1) is 0 Å². The van der Waals surface area contributed by atoms with E-state index in [1.54, 1.807) is 23.9 Å². The summed E-state index contributed by atoms with van der Waals surface area (Å²) in [5.74, 6) is -0.177. The number of nitrogens with zero attached hydrogens (tertiary/aromatic N) is 3. The quantitative estimate of drug-likeness (QED) is 0.771. The standard InChI is InChI=1S/C18H25N3O4S/c1-19(2)18(23)21-11-10-20(15-12-26(24,25)13-16(15)21)17(22)9-8-14-6-4-3-5-7-14/h3-7,15-16H,8-13H2,1-2H3/t15-,16+/m0/s1. The molecule has 0 unspecified atom stereocenters. The maximum absolute atomic E-state index is 12.8. The van der Waals surface area contributed by atoms with E-state index in [2.05, 4.69) is 0 Å². The number of rotatable bonds is 3. The van der Waals surface area contributed by atoms with Crippen molar-refractivity contribution in [2.45, 2.75) is 24.9 Å². The van der Waals surface area contributed by atoms with Crippen LogP contribution in [-0.2, 0) is 21.1 Å². The molecular formula is C18H25N3O4S.